The third-order valence-electron chi connectivity index (χ3n) is 3.12. The van der Waals surface area contributed by atoms with Gasteiger partial charge in [0.1, 0.15) is 0 Å². The molecule has 118 valence electrons. The van der Waals surface area contributed by atoms with Crippen LogP contribution < -0.4 is 0 Å². The zero-order chi connectivity index (χ0) is 15.9. The van der Waals surface area contributed by atoms with Crippen molar-refractivity contribution in [1.29, 1.82) is 0 Å². The lowest BCUT2D eigenvalue weighted by atomic mass is 10.2. The summed E-state index contributed by atoms with van der Waals surface area (Å²) >= 11 is 0. The maximum Gasteiger partial charge on any atom is 0.303 e. The third-order valence-corrected chi connectivity index (χ3v) is 3.12. The number of terminal acetylenes is 1. The Bertz CT molecular complexity index is 361. The standard InChI is InChI=1S/C14H24N2O2.C3H4/c1-15-10-12-16(13-11-15)9-7-5-3-2-4-6-8-14(17)18;1-3-2/h2-5H,6-13H2,1H3,(H,17,18);1H,2H3/b4-2-,5-3-;. The largest absolute Gasteiger partial charge is 0.481 e. The molecule has 0 aromatic carbocycles. The Morgan fingerprint density at radius 1 is 1.19 bits per heavy atom. The monoisotopic (exact) mass is 292 g/mol. The second-order valence-corrected chi connectivity index (χ2v) is 5.01. The molecule has 1 rings (SSSR count). The first-order valence-corrected chi connectivity index (χ1v) is 7.41. The van der Waals surface area contributed by atoms with Crippen molar-refractivity contribution in [2.45, 2.75) is 26.2 Å². The van der Waals surface area contributed by atoms with E-state index in [2.05, 4.69) is 35.3 Å². The molecule has 0 radical (unpaired) electrons. The summed E-state index contributed by atoms with van der Waals surface area (Å²) in [6.45, 7) is 7.43. The molecule has 0 aromatic rings. The fourth-order valence-electron chi connectivity index (χ4n) is 1.88. The first kappa shape index (κ1) is 19.4. The second kappa shape index (κ2) is 13.4. The van der Waals surface area contributed by atoms with Crippen LogP contribution in [0.25, 0.3) is 0 Å². The highest BCUT2D eigenvalue weighted by Gasteiger charge is 2.11. The zero-order valence-corrected chi connectivity index (χ0v) is 13.3. The Balaban J connectivity index is 0.00000122. The molecule has 1 heterocycles. The number of hydrogen-bond acceptors (Lipinski definition) is 3. The molecule has 0 bridgehead atoms. The fourth-order valence-corrected chi connectivity index (χ4v) is 1.88. The molecule has 0 aliphatic carbocycles. The van der Waals surface area contributed by atoms with E-state index in [4.69, 9.17) is 5.11 Å². The number of carbonyl (C=O) groups is 1. The lowest BCUT2D eigenvalue weighted by Crippen LogP contribution is -2.44. The lowest BCUT2D eigenvalue weighted by Gasteiger charge is -2.31. The summed E-state index contributed by atoms with van der Waals surface area (Å²) in [7, 11) is 2.17. The van der Waals surface area contributed by atoms with Gasteiger partial charge in [0.25, 0.3) is 0 Å². The average molecular weight is 292 g/mol. The van der Waals surface area contributed by atoms with Gasteiger partial charge in [-0.25, -0.2) is 0 Å². The summed E-state index contributed by atoms with van der Waals surface area (Å²) in [5, 5.41) is 8.46. The molecule has 0 amide bonds. The summed E-state index contributed by atoms with van der Waals surface area (Å²) < 4.78 is 0. The minimum absolute atomic E-state index is 0.214. The van der Waals surface area contributed by atoms with Crippen molar-refractivity contribution in [3.05, 3.63) is 24.3 Å². The van der Waals surface area contributed by atoms with Crippen molar-refractivity contribution in [2.24, 2.45) is 0 Å². The van der Waals surface area contributed by atoms with E-state index in [1.54, 1.807) is 6.92 Å². The number of carboxylic acid groups (broad SMARTS) is 1. The molecule has 0 spiro atoms. The van der Waals surface area contributed by atoms with Gasteiger partial charge in [-0.2, -0.15) is 0 Å². The van der Waals surface area contributed by atoms with E-state index in [1.165, 1.54) is 26.2 Å². The summed E-state index contributed by atoms with van der Waals surface area (Å²) in [4.78, 5) is 15.1. The Hall–Kier alpha value is -1.57. The molecule has 0 saturated carbocycles. The van der Waals surface area contributed by atoms with E-state index in [1.807, 2.05) is 18.2 Å². The number of hydrogen-bond donors (Lipinski definition) is 1. The number of aliphatic carboxylic acids is 1. The molecule has 0 unspecified atom stereocenters. The Labute approximate surface area is 129 Å². The molecule has 1 saturated heterocycles. The van der Waals surface area contributed by atoms with Crippen molar-refractivity contribution < 1.29 is 9.90 Å². The van der Waals surface area contributed by atoms with Gasteiger partial charge in [-0.05, 0) is 26.8 Å². The normalized spacial score (nSPS) is 16.6. The molecule has 21 heavy (non-hydrogen) atoms. The smallest absolute Gasteiger partial charge is 0.303 e. The van der Waals surface area contributed by atoms with Gasteiger partial charge < -0.3 is 14.9 Å². The van der Waals surface area contributed by atoms with E-state index in [0.29, 0.717) is 6.42 Å². The summed E-state index contributed by atoms with van der Waals surface area (Å²) in [5.41, 5.74) is 0. The maximum atomic E-state index is 10.3. The van der Waals surface area contributed by atoms with Crippen LogP contribution in [0.15, 0.2) is 24.3 Å². The minimum Gasteiger partial charge on any atom is -0.481 e. The van der Waals surface area contributed by atoms with E-state index in [0.717, 1.165) is 13.0 Å². The van der Waals surface area contributed by atoms with Gasteiger partial charge in [-0.3, -0.25) is 4.79 Å². The topological polar surface area (TPSA) is 43.8 Å². The van der Waals surface area contributed by atoms with Crippen molar-refractivity contribution in [3.8, 4) is 12.3 Å². The highest BCUT2D eigenvalue weighted by molar-refractivity contribution is 5.66. The molecule has 0 atom stereocenters. The van der Waals surface area contributed by atoms with Gasteiger partial charge in [0.2, 0.25) is 0 Å². The van der Waals surface area contributed by atoms with E-state index in [-0.39, 0.29) is 6.42 Å². The van der Waals surface area contributed by atoms with Gasteiger partial charge in [-0.1, -0.05) is 24.3 Å². The van der Waals surface area contributed by atoms with Crippen LogP contribution in [-0.4, -0.2) is 60.6 Å². The molecule has 4 nitrogen and oxygen atoms in total. The summed E-state index contributed by atoms with van der Waals surface area (Å²) in [6, 6.07) is 0. The summed E-state index contributed by atoms with van der Waals surface area (Å²) in [6.07, 6.45) is 14.5. The van der Waals surface area contributed by atoms with Crippen LogP contribution in [0.1, 0.15) is 26.2 Å². The number of nitrogens with zero attached hydrogens (tertiary/aromatic N) is 2. The van der Waals surface area contributed by atoms with Crippen LogP contribution in [0.5, 0.6) is 0 Å². The summed E-state index contributed by atoms with van der Waals surface area (Å²) in [5.74, 6) is 1.51. The van der Waals surface area contributed by atoms with Crippen molar-refractivity contribution in [3.63, 3.8) is 0 Å². The molecule has 0 aromatic heterocycles. The Morgan fingerprint density at radius 2 is 1.71 bits per heavy atom. The molecular formula is C17H28N2O2. The molecule has 1 aliphatic heterocycles. The molecule has 1 fully saturated rings. The molecule has 1 aliphatic rings. The molecule has 4 heteroatoms. The quantitative estimate of drug-likeness (QED) is 0.577. The predicted molar refractivity (Wildman–Crippen MR) is 88.2 cm³/mol. The Morgan fingerprint density at radius 3 is 2.24 bits per heavy atom. The maximum absolute atomic E-state index is 10.3. The average Bonchev–Trinajstić information content (AvgIpc) is 2.44. The van der Waals surface area contributed by atoms with Crippen LogP contribution in [-0.2, 0) is 4.79 Å². The molecular weight excluding hydrogens is 264 g/mol. The van der Waals surface area contributed by atoms with Gasteiger partial charge in [-0.15, -0.1) is 12.3 Å². The van der Waals surface area contributed by atoms with Gasteiger partial charge in [0.15, 0.2) is 0 Å². The van der Waals surface area contributed by atoms with E-state index >= 15 is 0 Å². The number of likely N-dealkylation sites (N-methyl/N-ethyl adjacent to an activating group) is 1. The third kappa shape index (κ3) is 13.2. The van der Waals surface area contributed by atoms with Crippen molar-refractivity contribution in [2.75, 3.05) is 39.8 Å². The second-order valence-electron chi connectivity index (χ2n) is 5.01. The van der Waals surface area contributed by atoms with Crippen molar-refractivity contribution in [1.82, 2.24) is 9.80 Å². The fraction of sp³-hybridized carbons (Fsp3) is 0.588. The van der Waals surface area contributed by atoms with Gasteiger partial charge >= 0.3 is 5.97 Å². The van der Waals surface area contributed by atoms with Gasteiger partial charge in [0.05, 0.1) is 0 Å². The highest BCUT2D eigenvalue weighted by atomic mass is 16.4. The minimum atomic E-state index is -0.737. The van der Waals surface area contributed by atoms with Crippen LogP contribution in [0.2, 0.25) is 0 Å². The van der Waals surface area contributed by atoms with E-state index < -0.39 is 5.97 Å². The Kier molecular flexibility index (Phi) is 12.4. The van der Waals surface area contributed by atoms with Gasteiger partial charge in [0, 0.05) is 39.1 Å². The number of rotatable bonds is 7. The SMILES string of the molecule is C#CC.CN1CCN(CC/C=C\C=C/CCC(=O)O)CC1. The molecule has 1 N–H and O–H groups in total. The van der Waals surface area contributed by atoms with Crippen LogP contribution >= 0.6 is 0 Å². The zero-order valence-electron chi connectivity index (χ0n) is 13.3. The highest BCUT2D eigenvalue weighted by Crippen LogP contribution is 2.00. The van der Waals surface area contributed by atoms with Crippen LogP contribution in [0.3, 0.4) is 0 Å². The predicted octanol–water partition coefficient (Wildman–Crippen LogP) is 2.24. The van der Waals surface area contributed by atoms with E-state index in [9.17, 15) is 4.79 Å². The lowest BCUT2D eigenvalue weighted by molar-refractivity contribution is -0.136. The number of piperazine rings is 1. The first-order valence-electron chi connectivity index (χ1n) is 7.41. The first-order chi connectivity index (χ1) is 10.1. The number of carboxylic acids is 1. The van der Waals surface area contributed by atoms with Crippen LogP contribution in [0.4, 0.5) is 0 Å². The number of allylic oxidation sites excluding steroid dienone is 3. The van der Waals surface area contributed by atoms with Crippen LogP contribution in [0, 0.1) is 12.3 Å². The van der Waals surface area contributed by atoms with Crippen molar-refractivity contribution >= 4 is 5.97 Å².